The van der Waals surface area contributed by atoms with E-state index in [1.54, 1.807) is 24.5 Å². The Bertz CT molecular complexity index is 582. The fraction of sp³-hybridized carbons (Fsp3) is 0.0667. The van der Waals surface area contributed by atoms with Crippen molar-refractivity contribution in [3.8, 4) is 0 Å². The van der Waals surface area contributed by atoms with E-state index in [1.165, 1.54) is 6.08 Å². The number of hydrogen-bond acceptors (Lipinski definition) is 2. The monoisotopic (exact) mass is 272 g/mol. The molecule has 1 aromatic carbocycles. The second kappa shape index (κ2) is 6.71. The first-order valence-electron chi connectivity index (χ1n) is 5.85. The smallest absolute Gasteiger partial charge is 0.244 e. The van der Waals surface area contributed by atoms with Crippen LogP contribution < -0.4 is 5.32 Å². The lowest BCUT2D eigenvalue weighted by Gasteiger charge is -2.04. The zero-order valence-corrected chi connectivity index (χ0v) is 11.0. The molecule has 0 saturated carbocycles. The summed E-state index contributed by atoms with van der Waals surface area (Å²) in [5.41, 5.74) is 1.83. The normalized spacial score (nSPS) is 10.6. The average molecular weight is 273 g/mol. The SMILES string of the molecule is O=C(C=Cc1ccncc1)NCc1ccccc1Cl. The van der Waals surface area contributed by atoms with E-state index in [9.17, 15) is 4.79 Å². The quantitative estimate of drug-likeness (QED) is 0.869. The Labute approximate surface area is 116 Å². The lowest BCUT2D eigenvalue weighted by atomic mass is 10.2. The van der Waals surface area contributed by atoms with E-state index in [0.717, 1.165) is 11.1 Å². The Hall–Kier alpha value is -2.13. The van der Waals surface area contributed by atoms with Crippen LogP contribution in [0.1, 0.15) is 11.1 Å². The van der Waals surface area contributed by atoms with Gasteiger partial charge >= 0.3 is 0 Å². The number of pyridine rings is 1. The predicted octanol–water partition coefficient (Wildman–Crippen LogP) is 3.06. The van der Waals surface area contributed by atoms with Crippen LogP contribution in [0, 0.1) is 0 Å². The molecule has 0 aliphatic rings. The van der Waals surface area contributed by atoms with Gasteiger partial charge in [-0.1, -0.05) is 29.8 Å². The van der Waals surface area contributed by atoms with Crippen molar-refractivity contribution >= 4 is 23.6 Å². The van der Waals surface area contributed by atoms with Gasteiger partial charge in [0.05, 0.1) is 0 Å². The van der Waals surface area contributed by atoms with Gasteiger partial charge in [-0.25, -0.2) is 0 Å². The Kier molecular flexibility index (Phi) is 4.70. The van der Waals surface area contributed by atoms with Crippen molar-refractivity contribution in [1.29, 1.82) is 0 Å². The minimum absolute atomic E-state index is 0.156. The van der Waals surface area contributed by atoms with E-state index in [1.807, 2.05) is 30.3 Å². The summed E-state index contributed by atoms with van der Waals surface area (Å²) >= 11 is 6.00. The molecule has 0 saturated heterocycles. The number of aromatic nitrogens is 1. The van der Waals surface area contributed by atoms with Gasteiger partial charge in [-0.05, 0) is 35.4 Å². The van der Waals surface area contributed by atoms with Gasteiger partial charge in [-0.2, -0.15) is 0 Å². The van der Waals surface area contributed by atoms with Crippen LogP contribution in [0.25, 0.3) is 6.08 Å². The molecular weight excluding hydrogens is 260 g/mol. The third-order valence-electron chi connectivity index (χ3n) is 2.54. The summed E-state index contributed by atoms with van der Waals surface area (Å²) in [7, 11) is 0. The lowest BCUT2D eigenvalue weighted by Crippen LogP contribution is -2.20. The van der Waals surface area contributed by atoms with E-state index < -0.39 is 0 Å². The van der Waals surface area contributed by atoms with E-state index in [-0.39, 0.29) is 5.91 Å². The van der Waals surface area contributed by atoms with Gasteiger partial charge in [0.25, 0.3) is 0 Å². The fourth-order valence-corrected chi connectivity index (χ4v) is 1.73. The molecule has 0 aliphatic carbocycles. The van der Waals surface area contributed by atoms with Crippen LogP contribution in [-0.4, -0.2) is 10.9 Å². The first kappa shape index (κ1) is 13.3. The predicted molar refractivity (Wildman–Crippen MR) is 76.6 cm³/mol. The van der Waals surface area contributed by atoms with Gasteiger partial charge in [0.15, 0.2) is 0 Å². The second-order valence-electron chi connectivity index (χ2n) is 3.92. The van der Waals surface area contributed by atoms with Crippen LogP contribution in [0.15, 0.2) is 54.9 Å². The van der Waals surface area contributed by atoms with Gasteiger partial charge in [0, 0.05) is 30.0 Å². The highest BCUT2D eigenvalue weighted by atomic mass is 35.5. The highest BCUT2D eigenvalue weighted by Gasteiger charge is 2.00. The molecule has 0 radical (unpaired) electrons. The largest absolute Gasteiger partial charge is 0.348 e. The standard InChI is InChI=1S/C15H13ClN2O/c16-14-4-2-1-3-13(14)11-18-15(19)6-5-12-7-9-17-10-8-12/h1-10H,11H2,(H,18,19). The number of benzene rings is 1. The first-order valence-corrected chi connectivity index (χ1v) is 6.23. The number of hydrogen-bond donors (Lipinski definition) is 1. The first-order chi connectivity index (χ1) is 9.25. The van der Waals surface area contributed by atoms with Crippen molar-refractivity contribution in [3.05, 3.63) is 71.0 Å². The van der Waals surface area contributed by atoms with Crippen molar-refractivity contribution < 1.29 is 4.79 Å². The molecule has 0 spiro atoms. The maximum absolute atomic E-state index is 11.6. The summed E-state index contributed by atoms with van der Waals surface area (Å²) in [5.74, 6) is -0.156. The van der Waals surface area contributed by atoms with Crippen molar-refractivity contribution in [1.82, 2.24) is 10.3 Å². The third kappa shape index (κ3) is 4.23. The molecule has 1 N–H and O–H groups in total. The van der Waals surface area contributed by atoms with Gasteiger partial charge in [-0.15, -0.1) is 0 Å². The van der Waals surface area contributed by atoms with Crippen LogP contribution in [-0.2, 0) is 11.3 Å². The van der Waals surface area contributed by atoms with Gasteiger partial charge in [0.1, 0.15) is 0 Å². The zero-order chi connectivity index (χ0) is 13.5. The fourth-order valence-electron chi connectivity index (χ4n) is 1.53. The molecule has 3 nitrogen and oxygen atoms in total. The molecule has 1 amide bonds. The number of halogens is 1. The highest BCUT2D eigenvalue weighted by Crippen LogP contribution is 2.14. The van der Waals surface area contributed by atoms with Crippen LogP contribution in [0.4, 0.5) is 0 Å². The van der Waals surface area contributed by atoms with Crippen molar-refractivity contribution in [2.75, 3.05) is 0 Å². The van der Waals surface area contributed by atoms with E-state index in [4.69, 9.17) is 11.6 Å². The third-order valence-corrected chi connectivity index (χ3v) is 2.91. The number of rotatable bonds is 4. The summed E-state index contributed by atoms with van der Waals surface area (Å²) in [6, 6.07) is 11.1. The summed E-state index contributed by atoms with van der Waals surface area (Å²) in [4.78, 5) is 15.6. The summed E-state index contributed by atoms with van der Waals surface area (Å²) in [6.45, 7) is 0.416. The maximum Gasteiger partial charge on any atom is 0.244 e. The molecule has 1 heterocycles. The summed E-state index contributed by atoms with van der Waals surface area (Å²) in [5, 5.41) is 3.44. The molecule has 0 unspecified atom stereocenters. The molecule has 0 bridgehead atoms. The van der Waals surface area contributed by atoms with Gasteiger partial charge in [0.2, 0.25) is 5.91 Å². The lowest BCUT2D eigenvalue weighted by molar-refractivity contribution is -0.116. The molecule has 4 heteroatoms. The minimum atomic E-state index is -0.156. The van der Waals surface area contributed by atoms with Gasteiger partial charge < -0.3 is 5.32 Å². The number of nitrogens with one attached hydrogen (secondary N) is 1. The van der Waals surface area contributed by atoms with Crippen molar-refractivity contribution in [2.45, 2.75) is 6.54 Å². The molecule has 2 aromatic rings. The Morgan fingerprint density at radius 1 is 1.21 bits per heavy atom. The molecule has 2 rings (SSSR count). The Morgan fingerprint density at radius 2 is 1.95 bits per heavy atom. The van der Waals surface area contributed by atoms with E-state index in [2.05, 4.69) is 10.3 Å². The number of carbonyl (C=O) groups excluding carboxylic acids is 1. The van der Waals surface area contributed by atoms with Crippen LogP contribution in [0.5, 0.6) is 0 Å². The highest BCUT2D eigenvalue weighted by molar-refractivity contribution is 6.31. The topological polar surface area (TPSA) is 42.0 Å². The number of nitrogens with zero attached hydrogens (tertiary/aromatic N) is 1. The van der Waals surface area contributed by atoms with Crippen LogP contribution >= 0.6 is 11.6 Å². The Balaban J connectivity index is 1.89. The van der Waals surface area contributed by atoms with E-state index in [0.29, 0.717) is 11.6 Å². The van der Waals surface area contributed by atoms with E-state index >= 15 is 0 Å². The summed E-state index contributed by atoms with van der Waals surface area (Å²) in [6.07, 6.45) is 6.60. The summed E-state index contributed by atoms with van der Waals surface area (Å²) < 4.78 is 0. The van der Waals surface area contributed by atoms with Crippen LogP contribution in [0.2, 0.25) is 5.02 Å². The van der Waals surface area contributed by atoms with Crippen molar-refractivity contribution in [2.24, 2.45) is 0 Å². The molecule has 0 aliphatic heterocycles. The molecular formula is C15H13ClN2O. The van der Waals surface area contributed by atoms with Crippen LogP contribution in [0.3, 0.4) is 0 Å². The average Bonchev–Trinajstić information content (AvgIpc) is 2.45. The molecule has 19 heavy (non-hydrogen) atoms. The number of carbonyl (C=O) groups is 1. The molecule has 96 valence electrons. The molecule has 0 fully saturated rings. The number of amides is 1. The molecule has 1 aromatic heterocycles. The second-order valence-corrected chi connectivity index (χ2v) is 4.33. The van der Waals surface area contributed by atoms with Crippen molar-refractivity contribution in [3.63, 3.8) is 0 Å². The molecule has 0 atom stereocenters. The van der Waals surface area contributed by atoms with Gasteiger partial charge in [-0.3, -0.25) is 9.78 Å². The minimum Gasteiger partial charge on any atom is -0.348 e. The zero-order valence-electron chi connectivity index (χ0n) is 10.2. The Morgan fingerprint density at radius 3 is 2.68 bits per heavy atom. The maximum atomic E-state index is 11.6.